The molecule has 0 aliphatic carbocycles. The number of carbonyl (C=O) groups is 1. The first-order valence-corrected chi connectivity index (χ1v) is 8.69. The third kappa shape index (κ3) is 3.53. The van der Waals surface area contributed by atoms with Gasteiger partial charge in [0, 0.05) is 29.8 Å². The fourth-order valence-electron chi connectivity index (χ4n) is 2.58. The fourth-order valence-corrected chi connectivity index (χ4v) is 3.65. The first kappa shape index (κ1) is 17.1. The number of anilines is 1. The highest BCUT2D eigenvalue weighted by Crippen LogP contribution is 2.29. The van der Waals surface area contributed by atoms with Crippen LogP contribution in [0.4, 0.5) is 11.4 Å². The number of nitrogens with one attached hydrogen (secondary N) is 1. The highest BCUT2D eigenvalue weighted by atomic mass is 32.1. The minimum atomic E-state index is -0.487. The van der Waals surface area contributed by atoms with Crippen molar-refractivity contribution in [1.29, 1.82) is 0 Å². The van der Waals surface area contributed by atoms with Crippen molar-refractivity contribution in [1.82, 2.24) is 9.78 Å². The van der Waals surface area contributed by atoms with Crippen LogP contribution < -0.4 is 5.32 Å². The molecule has 0 radical (unpaired) electrons. The van der Waals surface area contributed by atoms with Gasteiger partial charge in [-0.3, -0.25) is 19.6 Å². The Morgan fingerprint density at radius 2 is 2.16 bits per heavy atom. The van der Waals surface area contributed by atoms with E-state index in [-0.39, 0.29) is 11.6 Å². The summed E-state index contributed by atoms with van der Waals surface area (Å²) >= 11 is 1.38. The zero-order chi connectivity index (χ0) is 18.1. The minimum absolute atomic E-state index is 0.0578. The van der Waals surface area contributed by atoms with Gasteiger partial charge in [-0.15, -0.1) is 11.3 Å². The molecule has 0 bridgehead atoms. The highest BCUT2D eigenvalue weighted by Gasteiger charge is 2.17. The smallest absolute Gasteiger partial charge is 0.271 e. The van der Waals surface area contributed by atoms with Gasteiger partial charge >= 0.3 is 0 Å². The van der Waals surface area contributed by atoms with Crippen molar-refractivity contribution in [3.8, 4) is 0 Å². The van der Waals surface area contributed by atoms with Gasteiger partial charge in [0.1, 0.15) is 4.83 Å². The Morgan fingerprint density at radius 3 is 2.84 bits per heavy atom. The molecule has 2 aromatic heterocycles. The van der Waals surface area contributed by atoms with Crippen LogP contribution >= 0.6 is 11.3 Å². The Labute approximate surface area is 148 Å². The molecule has 1 N–H and O–H groups in total. The summed E-state index contributed by atoms with van der Waals surface area (Å²) in [5.74, 6) is 0.170. The largest absolute Gasteiger partial charge is 0.321 e. The molecular weight excluding hydrogens is 340 g/mol. The van der Waals surface area contributed by atoms with Crippen molar-refractivity contribution in [2.45, 2.75) is 27.3 Å². The number of rotatable bonds is 5. The standard InChI is InChI=1S/C17H18N4O3S/c1-10(2)9-20-17-14(11(3)19-20)8-15(25-17)16(22)18-12-5-4-6-13(7-12)21(23)24/h4-8,10H,9H2,1-3H3,(H,18,22). The van der Waals surface area contributed by atoms with Crippen LogP contribution in [0.5, 0.6) is 0 Å². The first-order chi connectivity index (χ1) is 11.8. The molecule has 25 heavy (non-hydrogen) atoms. The van der Waals surface area contributed by atoms with E-state index >= 15 is 0 Å². The zero-order valence-corrected chi connectivity index (χ0v) is 15.0. The van der Waals surface area contributed by atoms with E-state index in [9.17, 15) is 14.9 Å². The lowest BCUT2D eigenvalue weighted by molar-refractivity contribution is -0.384. The number of hydrogen-bond donors (Lipinski definition) is 1. The van der Waals surface area contributed by atoms with Crippen molar-refractivity contribution >= 4 is 38.8 Å². The summed E-state index contributed by atoms with van der Waals surface area (Å²) < 4.78 is 1.93. The normalized spacial score (nSPS) is 11.2. The zero-order valence-electron chi connectivity index (χ0n) is 14.1. The second kappa shape index (κ2) is 6.64. The number of fused-ring (bicyclic) bond motifs is 1. The third-order valence-electron chi connectivity index (χ3n) is 3.68. The molecule has 8 heteroatoms. The van der Waals surface area contributed by atoms with Gasteiger partial charge in [-0.2, -0.15) is 5.10 Å². The van der Waals surface area contributed by atoms with E-state index < -0.39 is 4.92 Å². The molecule has 0 unspecified atom stereocenters. The molecule has 0 atom stereocenters. The number of benzene rings is 1. The minimum Gasteiger partial charge on any atom is -0.321 e. The van der Waals surface area contributed by atoms with Crippen LogP contribution in [-0.4, -0.2) is 20.6 Å². The Bertz CT molecular complexity index is 958. The molecule has 130 valence electrons. The van der Waals surface area contributed by atoms with Crippen LogP contribution in [0.1, 0.15) is 29.2 Å². The third-order valence-corrected chi connectivity index (χ3v) is 4.83. The first-order valence-electron chi connectivity index (χ1n) is 7.88. The Balaban J connectivity index is 1.87. The summed E-state index contributed by atoms with van der Waals surface area (Å²) in [7, 11) is 0. The summed E-state index contributed by atoms with van der Waals surface area (Å²) in [6.07, 6.45) is 0. The maximum Gasteiger partial charge on any atom is 0.271 e. The topological polar surface area (TPSA) is 90.1 Å². The number of thiophene rings is 1. The molecule has 0 aliphatic heterocycles. The monoisotopic (exact) mass is 358 g/mol. The SMILES string of the molecule is Cc1nn(CC(C)C)c2sc(C(=O)Nc3cccc([N+](=O)[O-])c3)cc12. The molecule has 3 aromatic rings. The Kier molecular flexibility index (Phi) is 4.54. The van der Waals surface area contributed by atoms with Crippen LogP contribution in [0.25, 0.3) is 10.2 Å². The van der Waals surface area contributed by atoms with Gasteiger partial charge in [0.15, 0.2) is 0 Å². The summed E-state index contributed by atoms with van der Waals surface area (Å²) in [4.78, 5) is 24.4. The molecule has 7 nitrogen and oxygen atoms in total. The molecule has 1 amide bonds. The van der Waals surface area contributed by atoms with E-state index in [0.717, 1.165) is 22.5 Å². The number of amides is 1. The number of aryl methyl sites for hydroxylation is 1. The number of nitrogens with zero attached hydrogens (tertiary/aromatic N) is 3. The molecule has 0 spiro atoms. The molecule has 0 saturated carbocycles. The molecular formula is C17H18N4O3S. The van der Waals surface area contributed by atoms with Gasteiger partial charge in [0.2, 0.25) is 0 Å². The molecule has 3 rings (SSSR count). The molecule has 0 saturated heterocycles. The summed E-state index contributed by atoms with van der Waals surface area (Å²) in [6, 6.07) is 7.73. The number of nitro groups is 1. The second-order valence-electron chi connectivity index (χ2n) is 6.25. The van der Waals surface area contributed by atoms with Crippen LogP contribution in [0.15, 0.2) is 30.3 Å². The average Bonchev–Trinajstić information content (AvgIpc) is 3.09. The van der Waals surface area contributed by atoms with Crippen molar-refractivity contribution in [3.05, 3.63) is 51.0 Å². The van der Waals surface area contributed by atoms with Crippen LogP contribution in [0.2, 0.25) is 0 Å². The summed E-state index contributed by atoms with van der Waals surface area (Å²) in [5.41, 5.74) is 1.23. The van der Waals surface area contributed by atoms with Crippen LogP contribution in [0.3, 0.4) is 0 Å². The highest BCUT2D eigenvalue weighted by molar-refractivity contribution is 7.20. The van der Waals surface area contributed by atoms with Gasteiger partial charge in [-0.05, 0) is 25.0 Å². The maximum atomic E-state index is 12.5. The molecule has 2 heterocycles. The molecule has 0 fully saturated rings. The maximum absolute atomic E-state index is 12.5. The van der Waals surface area contributed by atoms with Gasteiger partial charge in [-0.1, -0.05) is 19.9 Å². The second-order valence-corrected chi connectivity index (χ2v) is 7.28. The van der Waals surface area contributed by atoms with Crippen molar-refractivity contribution in [2.24, 2.45) is 5.92 Å². The fraction of sp³-hybridized carbons (Fsp3) is 0.294. The summed E-state index contributed by atoms with van der Waals surface area (Å²) in [6.45, 7) is 6.95. The predicted molar refractivity (Wildman–Crippen MR) is 98.2 cm³/mol. The van der Waals surface area contributed by atoms with Crippen LogP contribution in [-0.2, 0) is 6.54 Å². The molecule has 1 aromatic carbocycles. The number of carbonyl (C=O) groups excluding carboxylic acids is 1. The lowest BCUT2D eigenvalue weighted by atomic mass is 10.2. The van der Waals surface area contributed by atoms with Gasteiger partial charge < -0.3 is 5.32 Å². The van der Waals surface area contributed by atoms with Gasteiger partial charge in [0.25, 0.3) is 11.6 Å². The van der Waals surface area contributed by atoms with Crippen molar-refractivity contribution in [3.63, 3.8) is 0 Å². The van der Waals surface area contributed by atoms with Crippen LogP contribution in [0, 0.1) is 23.0 Å². The van der Waals surface area contributed by atoms with E-state index in [4.69, 9.17) is 0 Å². The number of nitro benzene ring substituents is 1. The lowest BCUT2D eigenvalue weighted by Crippen LogP contribution is -2.10. The Morgan fingerprint density at radius 1 is 1.40 bits per heavy atom. The quantitative estimate of drug-likeness (QED) is 0.546. The van der Waals surface area contributed by atoms with E-state index in [1.165, 1.54) is 23.5 Å². The number of hydrogen-bond acceptors (Lipinski definition) is 5. The molecule has 0 aliphatic rings. The number of aromatic nitrogens is 2. The van der Waals surface area contributed by atoms with E-state index in [1.807, 2.05) is 17.7 Å². The number of non-ortho nitro benzene ring substituents is 1. The van der Waals surface area contributed by atoms with E-state index in [2.05, 4.69) is 24.3 Å². The predicted octanol–water partition coefficient (Wildman–Crippen LogP) is 4.22. The Hall–Kier alpha value is -2.74. The van der Waals surface area contributed by atoms with Crippen molar-refractivity contribution < 1.29 is 9.72 Å². The van der Waals surface area contributed by atoms with Crippen molar-refractivity contribution in [2.75, 3.05) is 5.32 Å². The lowest BCUT2D eigenvalue weighted by Gasteiger charge is -2.05. The summed E-state index contributed by atoms with van der Waals surface area (Å²) in [5, 5.41) is 19.1. The van der Waals surface area contributed by atoms with E-state index in [1.54, 1.807) is 12.1 Å². The van der Waals surface area contributed by atoms with Gasteiger partial charge in [0.05, 0.1) is 15.5 Å². The average molecular weight is 358 g/mol. The van der Waals surface area contributed by atoms with E-state index in [0.29, 0.717) is 16.5 Å². The van der Waals surface area contributed by atoms with Gasteiger partial charge in [-0.25, -0.2) is 0 Å².